The predicted molar refractivity (Wildman–Crippen MR) is 111 cm³/mol. The van der Waals surface area contributed by atoms with Crippen LogP contribution in [0.2, 0.25) is 0 Å². The maximum Gasteiger partial charge on any atom is 0.340 e. The summed E-state index contributed by atoms with van der Waals surface area (Å²) in [5.41, 5.74) is 0.594. The molecule has 1 aromatic carbocycles. The zero-order chi connectivity index (χ0) is 13.9. The van der Waals surface area contributed by atoms with Crippen LogP contribution in [0.15, 0.2) is 0 Å². The van der Waals surface area contributed by atoms with E-state index < -0.39 is 0 Å². The summed E-state index contributed by atoms with van der Waals surface area (Å²) in [6.45, 7) is 0.133. The molecule has 0 aromatic heterocycles. The van der Waals surface area contributed by atoms with Crippen molar-refractivity contribution in [1.29, 1.82) is 0 Å². The van der Waals surface area contributed by atoms with Crippen molar-refractivity contribution in [2.45, 2.75) is 6.42 Å². The van der Waals surface area contributed by atoms with Crippen molar-refractivity contribution in [3.8, 4) is 0 Å². The smallest absolute Gasteiger partial charge is 0.340 e. The molecule has 0 aliphatic heterocycles. The molecule has 0 fully saturated rings. The first-order chi connectivity index (χ1) is 8.41. The number of aldehydes is 1. The van der Waals surface area contributed by atoms with Crippen molar-refractivity contribution in [1.82, 2.24) is 0 Å². The number of hydrogen-bond acceptors (Lipinski definition) is 3. The molecule has 0 saturated carbocycles. The van der Waals surface area contributed by atoms with Crippen LogP contribution >= 0.6 is 113 Å². The fourth-order valence-corrected chi connectivity index (χ4v) is 6.26. The lowest BCUT2D eigenvalue weighted by Crippen LogP contribution is -2.13. The SMILES string of the molecule is O=CCCOC(=O)c1c(I)c(I)c(I)c(I)c1I. The highest BCUT2D eigenvalue weighted by Crippen LogP contribution is 2.33. The van der Waals surface area contributed by atoms with Crippen LogP contribution in [0.1, 0.15) is 16.8 Å². The van der Waals surface area contributed by atoms with Gasteiger partial charge in [0.25, 0.3) is 0 Å². The topological polar surface area (TPSA) is 43.4 Å². The molecule has 0 bridgehead atoms. The van der Waals surface area contributed by atoms with Crippen LogP contribution in [0, 0.1) is 17.9 Å². The highest BCUT2D eigenvalue weighted by molar-refractivity contribution is 14.1. The Labute approximate surface area is 173 Å². The molecule has 0 heterocycles. The molecule has 3 nitrogen and oxygen atoms in total. The number of esters is 1. The molecule has 18 heavy (non-hydrogen) atoms. The number of halogens is 5. The Balaban J connectivity index is 3.16. The Morgan fingerprint density at radius 3 is 1.83 bits per heavy atom. The van der Waals surface area contributed by atoms with E-state index in [0.29, 0.717) is 5.56 Å². The monoisotopic (exact) mass is 808 g/mol. The number of hydrogen-bond donors (Lipinski definition) is 0. The summed E-state index contributed by atoms with van der Waals surface area (Å²) in [6.07, 6.45) is 0.974. The fourth-order valence-electron chi connectivity index (χ4n) is 1.06. The van der Waals surface area contributed by atoms with E-state index in [4.69, 9.17) is 4.74 Å². The molecule has 0 aliphatic rings. The highest BCUT2D eigenvalue weighted by Gasteiger charge is 2.23. The van der Waals surface area contributed by atoms with Crippen molar-refractivity contribution >= 4 is 125 Å². The van der Waals surface area contributed by atoms with E-state index in [9.17, 15) is 9.59 Å². The van der Waals surface area contributed by atoms with E-state index in [2.05, 4.69) is 113 Å². The van der Waals surface area contributed by atoms with Crippen molar-refractivity contribution in [3.05, 3.63) is 23.4 Å². The molecular formula is C10H5I5O3. The van der Waals surface area contributed by atoms with Crippen LogP contribution in [0.25, 0.3) is 0 Å². The van der Waals surface area contributed by atoms with Gasteiger partial charge < -0.3 is 9.53 Å². The third kappa shape index (κ3) is 4.25. The lowest BCUT2D eigenvalue weighted by atomic mass is 10.2. The van der Waals surface area contributed by atoms with Gasteiger partial charge >= 0.3 is 5.97 Å². The van der Waals surface area contributed by atoms with Gasteiger partial charge in [-0.2, -0.15) is 0 Å². The van der Waals surface area contributed by atoms with E-state index in [-0.39, 0.29) is 19.0 Å². The van der Waals surface area contributed by atoms with Crippen molar-refractivity contribution in [3.63, 3.8) is 0 Å². The molecule has 0 N–H and O–H groups in total. The number of carbonyl (C=O) groups is 2. The molecule has 0 atom stereocenters. The van der Waals surface area contributed by atoms with Gasteiger partial charge in [0.15, 0.2) is 0 Å². The van der Waals surface area contributed by atoms with Crippen LogP contribution in [0.3, 0.4) is 0 Å². The molecule has 0 aliphatic carbocycles. The predicted octanol–water partition coefficient (Wildman–Crippen LogP) is 4.46. The summed E-state index contributed by atoms with van der Waals surface area (Å²) in [7, 11) is 0. The Kier molecular flexibility index (Phi) is 8.48. The van der Waals surface area contributed by atoms with Gasteiger partial charge in [0, 0.05) is 24.3 Å². The number of rotatable bonds is 4. The van der Waals surface area contributed by atoms with Gasteiger partial charge in [-0.05, 0) is 113 Å². The quantitative estimate of drug-likeness (QED) is 0.113. The minimum absolute atomic E-state index is 0.133. The lowest BCUT2D eigenvalue weighted by Gasteiger charge is -2.12. The largest absolute Gasteiger partial charge is 0.462 e. The first kappa shape index (κ1) is 18.1. The summed E-state index contributed by atoms with van der Waals surface area (Å²) in [5.74, 6) is -0.363. The minimum Gasteiger partial charge on any atom is -0.462 e. The first-order valence-electron chi connectivity index (χ1n) is 4.54. The summed E-state index contributed by atoms with van der Waals surface area (Å²) in [4.78, 5) is 22.2. The zero-order valence-electron chi connectivity index (χ0n) is 8.61. The first-order valence-corrected chi connectivity index (χ1v) is 9.93. The second-order valence-corrected chi connectivity index (χ2v) is 8.43. The second kappa shape index (κ2) is 8.45. The van der Waals surface area contributed by atoms with Gasteiger partial charge in [-0.25, -0.2) is 4.79 Å². The average Bonchev–Trinajstić information content (AvgIpc) is 2.34. The Morgan fingerprint density at radius 1 is 0.944 bits per heavy atom. The molecule has 1 aromatic rings. The van der Waals surface area contributed by atoms with Gasteiger partial charge in [0.05, 0.1) is 12.2 Å². The number of benzene rings is 1. The van der Waals surface area contributed by atoms with Crippen LogP contribution in [0.4, 0.5) is 0 Å². The van der Waals surface area contributed by atoms with Gasteiger partial charge in [-0.15, -0.1) is 0 Å². The highest BCUT2D eigenvalue weighted by atomic mass is 127. The maximum absolute atomic E-state index is 12.0. The van der Waals surface area contributed by atoms with Gasteiger partial charge in [0.2, 0.25) is 0 Å². The summed E-state index contributed by atoms with van der Waals surface area (Å²) >= 11 is 11.0. The van der Waals surface area contributed by atoms with Crippen LogP contribution in [-0.4, -0.2) is 18.9 Å². The van der Waals surface area contributed by atoms with Gasteiger partial charge in [0.1, 0.15) is 6.29 Å². The zero-order valence-corrected chi connectivity index (χ0v) is 19.4. The minimum atomic E-state index is -0.363. The van der Waals surface area contributed by atoms with E-state index in [1.54, 1.807) is 0 Å². The van der Waals surface area contributed by atoms with Crippen molar-refractivity contribution < 1.29 is 14.3 Å². The van der Waals surface area contributed by atoms with Gasteiger partial charge in [-0.1, -0.05) is 0 Å². The second-order valence-electron chi connectivity index (χ2n) is 3.04. The van der Waals surface area contributed by atoms with Crippen LogP contribution < -0.4 is 0 Å². The summed E-state index contributed by atoms with van der Waals surface area (Å²) in [5, 5.41) is 0. The molecular weight excluding hydrogens is 803 g/mol. The number of carbonyl (C=O) groups excluding carboxylic acids is 2. The Morgan fingerprint density at radius 2 is 1.39 bits per heavy atom. The van der Waals surface area contributed by atoms with Crippen LogP contribution in [0.5, 0.6) is 0 Å². The van der Waals surface area contributed by atoms with Crippen LogP contribution in [-0.2, 0) is 9.53 Å². The lowest BCUT2D eigenvalue weighted by molar-refractivity contribution is -0.108. The van der Waals surface area contributed by atoms with E-state index in [1.165, 1.54) is 0 Å². The molecule has 98 valence electrons. The summed E-state index contributed by atoms with van der Waals surface area (Å²) < 4.78 is 10.2. The van der Waals surface area contributed by atoms with Crippen molar-refractivity contribution in [2.75, 3.05) is 6.61 Å². The molecule has 0 amide bonds. The molecule has 0 spiro atoms. The third-order valence-corrected chi connectivity index (χ3v) is 11.4. The molecule has 8 heteroatoms. The summed E-state index contributed by atoms with van der Waals surface area (Å²) in [6, 6.07) is 0. The van der Waals surface area contributed by atoms with E-state index in [1.807, 2.05) is 0 Å². The molecule has 1 rings (SSSR count). The van der Waals surface area contributed by atoms with Crippen molar-refractivity contribution in [2.24, 2.45) is 0 Å². The third-order valence-electron chi connectivity index (χ3n) is 1.88. The Bertz CT molecular complexity index is 472. The molecule has 0 saturated heterocycles. The average molecular weight is 808 g/mol. The molecule has 0 radical (unpaired) electrons. The fraction of sp³-hybridized carbons (Fsp3) is 0.200. The Hall–Kier alpha value is 2.01. The normalized spacial score (nSPS) is 10.3. The van der Waals surface area contributed by atoms with Gasteiger partial charge in [-0.3, -0.25) is 0 Å². The standard InChI is InChI=1S/C10H5I5O3/c11-5-4(10(17)18-3-1-2-16)6(12)8(14)9(15)7(5)13/h2H,1,3H2. The van der Waals surface area contributed by atoms with E-state index >= 15 is 0 Å². The molecule has 0 unspecified atom stereocenters. The maximum atomic E-state index is 12.0. The van der Waals surface area contributed by atoms with E-state index in [0.717, 1.165) is 24.1 Å². The number of ether oxygens (including phenoxy) is 1.